The van der Waals surface area contributed by atoms with Gasteiger partial charge in [0.1, 0.15) is 0 Å². The Morgan fingerprint density at radius 1 is 1.67 bits per heavy atom. The molecule has 0 amide bonds. The largest absolute Gasteiger partial charge is 0.481 e. The minimum absolute atomic E-state index is 0.191. The Bertz CT molecular complexity index is 232. The summed E-state index contributed by atoms with van der Waals surface area (Å²) in [6.07, 6.45) is 2.27. The van der Waals surface area contributed by atoms with Crippen LogP contribution in [0.3, 0.4) is 0 Å². The average molecular weight is 215 g/mol. The predicted octanol–water partition coefficient (Wildman–Crippen LogP) is 1.35. The maximum Gasteiger partial charge on any atom is 0.305 e. The molecule has 1 unspecified atom stereocenters. The molecule has 1 saturated heterocycles. The van der Waals surface area contributed by atoms with Crippen molar-refractivity contribution in [2.24, 2.45) is 0 Å². The molecule has 0 aromatic rings. The number of carboxylic acids is 1. The fourth-order valence-electron chi connectivity index (χ4n) is 2.64. The van der Waals surface area contributed by atoms with Gasteiger partial charge in [0.15, 0.2) is 0 Å². The van der Waals surface area contributed by atoms with E-state index in [2.05, 4.69) is 11.8 Å². The van der Waals surface area contributed by atoms with Crippen molar-refractivity contribution in [1.29, 1.82) is 0 Å². The van der Waals surface area contributed by atoms with Crippen molar-refractivity contribution in [3.05, 3.63) is 0 Å². The van der Waals surface area contributed by atoms with Gasteiger partial charge < -0.3 is 9.84 Å². The van der Waals surface area contributed by atoms with E-state index in [9.17, 15) is 4.79 Å². The van der Waals surface area contributed by atoms with E-state index in [0.717, 1.165) is 19.4 Å². The van der Waals surface area contributed by atoms with Gasteiger partial charge in [-0.15, -0.1) is 0 Å². The summed E-state index contributed by atoms with van der Waals surface area (Å²) in [6.45, 7) is 5.78. The summed E-state index contributed by atoms with van der Waals surface area (Å²) < 4.78 is 5.13. The summed E-state index contributed by atoms with van der Waals surface area (Å²) in [5, 5.41) is 8.91. The molecule has 0 aliphatic carbocycles. The quantitative estimate of drug-likeness (QED) is 0.752. The van der Waals surface area contributed by atoms with Crippen LogP contribution >= 0.6 is 0 Å². The van der Waals surface area contributed by atoms with E-state index in [-0.39, 0.29) is 12.0 Å². The van der Waals surface area contributed by atoms with Gasteiger partial charge in [-0.2, -0.15) is 0 Å². The first kappa shape index (κ1) is 12.5. The standard InChI is InChI=1S/C11H21NO3/c1-9(8-15-3)12-6-4-5-11(12,2)7-10(13)14/h9H,4-8H2,1-3H3,(H,13,14)/t9?,11-/m1/s1. The van der Waals surface area contributed by atoms with E-state index in [1.165, 1.54) is 0 Å². The molecule has 0 aromatic heterocycles. The molecule has 0 aromatic carbocycles. The summed E-state index contributed by atoms with van der Waals surface area (Å²) in [5.74, 6) is -0.714. The average Bonchev–Trinajstić information content (AvgIpc) is 2.45. The third kappa shape index (κ3) is 2.92. The molecule has 1 aliphatic heterocycles. The second-order valence-electron chi connectivity index (χ2n) is 4.67. The van der Waals surface area contributed by atoms with E-state index in [1.807, 2.05) is 6.92 Å². The van der Waals surface area contributed by atoms with Crippen molar-refractivity contribution in [2.75, 3.05) is 20.3 Å². The zero-order valence-corrected chi connectivity index (χ0v) is 9.82. The molecule has 0 saturated carbocycles. The Balaban J connectivity index is 2.66. The Morgan fingerprint density at radius 2 is 2.33 bits per heavy atom. The van der Waals surface area contributed by atoms with Crippen molar-refractivity contribution in [3.8, 4) is 0 Å². The molecular weight excluding hydrogens is 194 g/mol. The lowest BCUT2D eigenvalue weighted by atomic mass is 9.93. The monoisotopic (exact) mass is 215 g/mol. The number of rotatable bonds is 5. The number of hydrogen-bond donors (Lipinski definition) is 1. The molecule has 2 atom stereocenters. The second kappa shape index (κ2) is 4.94. The van der Waals surface area contributed by atoms with Gasteiger partial charge >= 0.3 is 5.97 Å². The van der Waals surface area contributed by atoms with Crippen LogP contribution in [0.5, 0.6) is 0 Å². The number of ether oxygens (including phenoxy) is 1. The molecule has 1 N–H and O–H groups in total. The molecule has 1 heterocycles. The van der Waals surface area contributed by atoms with Crippen LogP contribution in [0, 0.1) is 0 Å². The first-order valence-electron chi connectivity index (χ1n) is 5.47. The zero-order valence-electron chi connectivity index (χ0n) is 9.82. The highest BCUT2D eigenvalue weighted by Crippen LogP contribution is 2.33. The maximum atomic E-state index is 10.8. The van der Waals surface area contributed by atoms with Crippen molar-refractivity contribution >= 4 is 5.97 Å². The van der Waals surface area contributed by atoms with Gasteiger partial charge in [-0.05, 0) is 33.2 Å². The van der Waals surface area contributed by atoms with Gasteiger partial charge in [0.05, 0.1) is 13.0 Å². The minimum atomic E-state index is -0.714. The van der Waals surface area contributed by atoms with Crippen molar-refractivity contribution in [2.45, 2.75) is 44.7 Å². The number of likely N-dealkylation sites (tertiary alicyclic amines) is 1. The molecule has 0 spiro atoms. The van der Waals surface area contributed by atoms with Crippen LogP contribution in [0.4, 0.5) is 0 Å². The number of aliphatic carboxylic acids is 1. The lowest BCUT2D eigenvalue weighted by Gasteiger charge is -2.38. The van der Waals surface area contributed by atoms with Crippen LogP contribution in [0.1, 0.15) is 33.1 Å². The van der Waals surface area contributed by atoms with Crippen LogP contribution < -0.4 is 0 Å². The van der Waals surface area contributed by atoms with Crippen molar-refractivity contribution in [1.82, 2.24) is 4.90 Å². The highest BCUT2D eigenvalue weighted by atomic mass is 16.5. The van der Waals surface area contributed by atoms with Crippen molar-refractivity contribution in [3.63, 3.8) is 0 Å². The van der Waals surface area contributed by atoms with E-state index in [0.29, 0.717) is 12.6 Å². The Kier molecular flexibility index (Phi) is 4.11. The van der Waals surface area contributed by atoms with E-state index < -0.39 is 5.97 Å². The summed E-state index contributed by atoms with van der Waals surface area (Å²) in [7, 11) is 1.68. The molecule has 88 valence electrons. The van der Waals surface area contributed by atoms with Gasteiger partial charge in [-0.3, -0.25) is 9.69 Å². The molecule has 4 heteroatoms. The summed E-state index contributed by atoms with van der Waals surface area (Å²) in [5.41, 5.74) is -0.191. The second-order valence-corrected chi connectivity index (χ2v) is 4.67. The third-order valence-electron chi connectivity index (χ3n) is 3.28. The minimum Gasteiger partial charge on any atom is -0.481 e. The van der Waals surface area contributed by atoms with E-state index in [4.69, 9.17) is 9.84 Å². The number of methoxy groups -OCH3 is 1. The first-order valence-corrected chi connectivity index (χ1v) is 5.47. The van der Waals surface area contributed by atoms with Gasteiger partial charge in [-0.1, -0.05) is 0 Å². The number of carboxylic acid groups (broad SMARTS) is 1. The predicted molar refractivity (Wildman–Crippen MR) is 57.9 cm³/mol. The Hall–Kier alpha value is -0.610. The lowest BCUT2D eigenvalue weighted by Crippen LogP contribution is -2.49. The summed E-state index contributed by atoms with van der Waals surface area (Å²) in [6, 6.07) is 0.293. The number of nitrogens with zero attached hydrogens (tertiary/aromatic N) is 1. The van der Waals surface area contributed by atoms with Crippen LogP contribution in [0.2, 0.25) is 0 Å². The first-order chi connectivity index (χ1) is 6.99. The van der Waals surface area contributed by atoms with Crippen LogP contribution in [0.25, 0.3) is 0 Å². The highest BCUT2D eigenvalue weighted by molar-refractivity contribution is 5.68. The Labute approximate surface area is 91.2 Å². The smallest absolute Gasteiger partial charge is 0.305 e. The molecule has 4 nitrogen and oxygen atoms in total. The topological polar surface area (TPSA) is 49.8 Å². The highest BCUT2D eigenvalue weighted by Gasteiger charge is 2.40. The molecule has 1 rings (SSSR count). The third-order valence-corrected chi connectivity index (χ3v) is 3.28. The summed E-state index contributed by atoms with van der Waals surface area (Å²) >= 11 is 0. The fraction of sp³-hybridized carbons (Fsp3) is 0.909. The summed E-state index contributed by atoms with van der Waals surface area (Å²) in [4.78, 5) is 13.1. The van der Waals surface area contributed by atoms with Crippen molar-refractivity contribution < 1.29 is 14.6 Å². The van der Waals surface area contributed by atoms with Crippen LogP contribution in [0.15, 0.2) is 0 Å². The zero-order chi connectivity index (χ0) is 11.5. The fourth-order valence-corrected chi connectivity index (χ4v) is 2.64. The number of carbonyl (C=O) groups is 1. The lowest BCUT2D eigenvalue weighted by molar-refractivity contribution is -0.140. The van der Waals surface area contributed by atoms with Gasteiger partial charge in [-0.25, -0.2) is 0 Å². The Morgan fingerprint density at radius 3 is 2.87 bits per heavy atom. The maximum absolute atomic E-state index is 10.8. The van der Waals surface area contributed by atoms with E-state index >= 15 is 0 Å². The van der Waals surface area contributed by atoms with Gasteiger partial charge in [0.25, 0.3) is 0 Å². The molecule has 1 fully saturated rings. The molecule has 1 aliphatic rings. The molecule has 15 heavy (non-hydrogen) atoms. The van der Waals surface area contributed by atoms with Crippen LogP contribution in [-0.4, -0.2) is 47.8 Å². The van der Waals surface area contributed by atoms with Crippen LogP contribution in [-0.2, 0) is 9.53 Å². The normalized spacial score (nSPS) is 29.3. The van der Waals surface area contributed by atoms with Gasteiger partial charge in [0.2, 0.25) is 0 Å². The SMILES string of the molecule is COCC(C)N1CCC[C@]1(C)CC(=O)O. The molecule has 0 radical (unpaired) electrons. The number of hydrogen-bond acceptors (Lipinski definition) is 3. The molecule has 0 bridgehead atoms. The molecular formula is C11H21NO3. The van der Waals surface area contributed by atoms with E-state index in [1.54, 1.807) is 7.11 Å². The van der Waals surface area contributed by atoms with Gasteiger partial charge in [0, 0.05) is 18.7 Å².